The van der Waals surface area contributed by atoms with Gasteiger partial charge in [0, 0.05) is 36.7 Å². The van der Waals surface area contributed by atoms with Crippen molar-refractivity contribution >= 4 is 35.3 Å². The van der Waals surface area contributed by atoms with E-state index in [-0.39, 0.29) is 37.9 Å². The molecule has 0 aliphatic heterocycles. The molecule has 0 fully saturated rings. The minimum absolute atomic E-state index is 0.0720. The van der Waals surface area contributed by atoms with E-state index in [0.717, 1.165) is 43.2 Å². The smallest absolute Gasteiger partial charge is 0.328 e. The molecule has 0 aliphatic rings. The lowest BCUT2D eigenvalue weighted by molar-refractivity contribution is -0.145. The third-order valence-corrected chi connectivity index (χ3v) is 9.08. The number of hydrogen-bond donors (Lipinski definition) is 4. The Hall–Kier alpha value is -4.38. The van der Waals surface area contributed by atoms with Crippen LogP contribution in [0.3, 0.4) is 0 Å². The van der Waals surface area contributed by atoms with Crippen LogP contribution in [0.1, 0.15) is 114 Å². The maximum atomic E-state index is 13.7. The number of carboxylic acids is 1. The molecule has 0 bridgehead atoms. The second-order valence-electron chi connectivity index (χ2n) is 13.3. The Morgan fingerprint density at radius 2 is 1.35 bits per heavy atom. The Bertz CT molecular complexity index is 1420. The number of carbonyl (C=O) groups is 6. The molecule has 2 amide bonds. The molecule has 280 valence electrons. The number of nitrogens with one attached hydrogen (secondary N) is 2. The number of methoxy groups -OCH3 is 1. The van der Waals surface area contributed by atoms with Gasteiger partial charge in [-0.1, -0.05) is 95.0 Å². The minimum Gasteiger partial charge on any atom is -0.481 e. The van der Waals surface area contributed by atoms with Gasteiger partial charge in [0.05, 0.1) is 13.2 Å². The number of ketones is 2. The first-order valence-electron chi connectivity index (χ1n) is 18.3. The van der Waals surface area contributed by atoms with E-state index in [1.807, 2.05) is 19.1 Å². The van der Waals surface area contributed by atoms with Crippen molar-refractivity contribution in [3.05, 3.63) is 59.7 Å². The lowest BCUT2D eigenvalue weighted by atomic mass is 9.90. The Balaban J connectivity index is 2.16. The number of Topliss-reactive ketones (excluding diaryl/α,β-unsaturated/α-hetero) is 2. The zero-order valence-electron chi connectivity index (χ0n) is 30.7. The van der Waals surface area contributed by atoms with Crippen LogP contribution in [0.15, 0.2) is 48.5 Å². The predicted octanol–water partition coefficient (Wildman–Crippen LogP) is 5.81. The number of ether oxygens (including phenoxy) is 1. The largest absolute Gasteiger partial charge is 0.481 e. The highest BCUT2D eigenvalue weighted by Crippen LogP contribution is 2.24. The van der Waals surface area contributed by atoms with Crippen LogP contribution < -0.4 is 16.4 Å². The molecular formula is C40H57N3O8. The molecule has 5 N–H and O–H groups in total. The molecule has 2 aromatic rings. The van der Waals surface area contributed by atoms with E-state index in [9.17, 15) is 33.9 Å². The number of amides is 2. The van der Waals surface area contributed by atoms with Crippen molar-refractivity contribution in [2.24, 2.45) is 17.6 Å². The van der Waals surface area contributed by atoms with E-state index in [1.165, 1.54) is 19.6 Å². The summed E-state index contributed by atoms with van der Waals surface area (Å²) in [7, 11) is 1.21. The second kappa shape index (κ2) is 23.2. The number of esters is 1. The molecule has 11 heteroatoms. The number of carboxylic acid groups (broad SMARTS) is 1. The normalized spacial score (nSPS) is 13.4. The summed E-state index contributed by atoms with van der Waals surface area (Å²) in [4.78, 5) is 77.1. The molecule has 0 aromatic heterocycles. The van der Waals surface area contributed by atoms with Crippen molar-refractivity contribution < 1.29 is 38.6 Å². The lowest BCUT2D eigenvalue weighted by Gasteiger charge is -2.23. The molecule has 2 aromatic carbocycles. The van der Waals surface area contributed by atoms with E-state index in [1.54, 1.807) is 12.1 Å². The van der Waals surface area contributed by atoms with Gasteiger partial charge in [0.1, 0.15) is 6.04 Å². The number of unbranched alkanes of at least 4 members (excludes halogenated alkanes) is 3. The van der Waals surface area contributed by atoms with Gasteiger partial charge in [-0.05, 0) is 61.8 Å². The highest BCUT2D eigenvalue weighted by atomic mass is 16.5. The average Bonchev–Trinajstić information content (AvgIpc) is 3.13. The Kier molecular flexibility index (Phi) is 19.4. The van der Waals surface area contributed by atoms with Gasteiger partial charge in [-0.3, -0.25) is 24.0 Å². The first-order valence-corrected chi connectivity index (χ1v) is 18.3. The quantitative estimate of drug-likeness (QED) is 0.0563. The highest BCUT2D eigenvalue weighted by Gasteiger charge is 2.31. The van der Waals surface area contributed by atoms with Crippen LogP contribution in [-0.2, 0) is 35.1 Å². The zero-order chi connectivity index (χ0) is 37.8. The van der Waals surface area contributed by atoms with Crippen LogP contribution in [-0.4, -0.2) is 66.2 Å². The molecular weight excluding hydrogens is 650 g/mol. The van der Waals surface area contributed by atoms with Crippen LogP contribution in [0, 0.1) is 11.8 Å². The number of hydrogen-bond acceptors (Lipinski definition) is 8. The van der Waals surface area contributed by atoms with Gasteiger partial charge >= 0.3 is 11.9 Å². The molecule has 4 atom stereocenters. The highest BCUT2D eigenvalue weighted by molar-refractivity contribution is 6.00. The van der Waals surface area contributed by atoms with E-state index in [4.69, 9.17) is 10.5 Å². The van der Waals surface area contributed by atoms with Gasteiger partial charge in [0.2, 0.25) is 11.8 Å². The van der Waals surface area contributed by atoms with Gasteiger partial charge in [-0.15, -0.1) is 0 Å². The Morgan fingerprint density at radius 1 is 0.745 bits per heavy atom. The van der Waals surface area contributed by atoms with Gasteiger partial charge in [0.15, 0.2) is 11.6 Å². The number of aryl methyl sites for hydroxylation is 1. The third-order valence-electron chi connectivity index (χ3n) is 9.08. The zero-order valence-corrected chi connectivity index (χ0v) is 30.7. The number of nitrogens with two attached hydrogens (primary N) is 1. The van der Waals surface area contributed by atoms with E-state index >= 15 is 0 Å². The standard InChI is InChI=1S/C40H57N3O8/c1-5-7-9-12-32(26-35(44)31-20-18-30(19-21-31)29-16-14-28(15-17-29)11-8-6-2)39(49)42-33(22-23-37(46)47)36(45)25-27(3)38(48)43-34(13-10-24-41)40(50)51-4/h14-21,27,32-34H,5-13,22-26,41H2,1-4H3,(H,42,49)(H,43,48)(H,46,47)/t27-,32-,33+,34+/m1/s1. The van der Waals surface area contributed by atoms with Crippen molar-refractivity contribution in [2.75, 3.05) is 13.7 Å². The molecule has 0 heterocycles. The van der Waals surface area contributed by atoms with Crippen molar-refractivity contribution in [2.45, 2.75) is 116 Å². The first kappa shape index (κ1) is 42.8. The van der Waals surface area contributed by atoms with Gasteiger partial charge in [-0.2, -0.15) is 0 Å². The van der Waals surface area contributed by atoms with E-state index in [0.29, 0.717) is 31.4 Å². The molecule has 0 saturated carbocycles. The summed E-state index contributed by atoms with van der Waals surface area (Å²) in [6.07, 6.45) is 6.01. The number of benzene rings is 2. The molecule has 51 heavy (non-hydrogen) atoms. The summed E-state index contributed by atoms with van der Waals surface area (Å²) in [5.74, 6) is -5.17. The van der Waals surface area contributed by atoms with Crippen molar-refractivity contribution in [3.63, 3.8) is 0 Å². The van der Waals surface area contributed by atoms with Crippen LogP contribution in [0.25, 0.3) is 11.1 Å². The third kappa shape index (κ3) is 15.2. The first-order chi connectivity index (χ1) is 24.4. The number of aliphatic carboxylic acids is 1. The summed E-state index contributed by atoms with van der Waals surface area (Å²) >= 11 is 0. The van der Waals surface area contributed by atoms with Crippen molar-refractivity contribution in [1.82, 2.24) is 10.6 Å². The summed E-state index contributed by atoms with van der Waals surface area (Å²) < 4.78 is 4.77. The number of carbonyl (C=O) groups excluding carboxylic acids is 5. The topological polar surface area (TPSA) is 182 Å². The van der Waals surface area contributed by atoms with Gasteiger partial charge < -0.3 is 26.2 Å². The minimum atomic E-state index is -1.17. The lowest BCUT2D eigenvalue weighted by Crippen LogP contribution is -2.47. The van der Waals surface area contributed by atoms with Crippen molar-refractivity contribution in [1.29, 1.82) is 0 Å². The monoisotopic (exact) mass is 707 g/mol. The summed E-state index contributed by atoms with van der Waals surface area (Å²) in [5.41, 5.74) is 9.33. The summed E-state index contributed by atoms with van der Waals surface area (Å²) in [6, 6.07) is 13.6. The predicted molar refractivity (Wildman–Crippen MR) is 197 cm³/mol. The number of rotatable bonds is 25. The fourth-order valence-electron chi connectivity index (χ4n) is 5.84. The van der Waals surface area contributed by atoms with E-state index in [2.05, 4.69) is 41.8 Å². The maximum absolute atomic E-state index is 13.7. The fourth-order valence-corrected chi connectivity index (χ4v) is 5.84. The van der Waals surface area contributed by atoms with Crippen LogP contribution >= 0.6 is 0 Å². The second-order valence-corrected chi connectivity index (χ2v) is 13.3. The molecule has 0 aliphatic carbocycles. The molecule has 0 spiro atoms. The molecule has 2 rings (SSSR count). The fraction of sp³-hybridized carbons (Fsp3) is 0.550. The summed E-state index contributed by atoms with van der Waals surface area (Å²) in [5, 5.41) is 14.7. The molecule has 11 nitrogen and oxygen atoms in total. The van der Waals surface area contributed by atoms with Crippen molar-refractivity contribution in [3.8, 4) is 11.1 Å². The van der Waals surface area contributed by atoms with Crippen LogP contribution in [0.5, 0.6) is 0 Å². The Labute approximate surface area is 302 Å². The van der Waals surface area contributed by atoms with E-state index < -0.39 is 53.5 Å². The van der Waals surface area contributed by atoms with Gasteiger partial charge in [0.25, 0.3) is 0 Å². The maximum Gasteiger partial charge on any atom is 0.328 e. The Morgan fingerprint density at radius 3 is 1.92 bits per heavy atom. The van der Waals surface area contributed by atoms with Crippen LogP contribution in [0.4, 0.5) is 0 Å². The van der Waals surface area contributed by atoms with Gasteiger partial charge in [-0.25, -0.2) is 4.79 Å². The molecule has 0 radical (unpaired) electrons. The molecule has 0 saturated heterocycles. The molecule has 0 unspecified atom stereocenters. The SMILES string of the molecule is CCCCC[C@H](CC(=O)c1ccc(-c2ccc(CCCC)cc2)cc1)C(=O)N[C@@H](CCC(=O)O)C(=O)C[C@@H](C)C(=O)N[C@@H](CCCN)C(=O)OC. The average molecular weight is 708 g/mol. The van der Waals surface area contributed by atoms with Crippen LogP contribution in [0.2, 0.25) is 0 Å². The summed E-state index contributed by atoms with van der Waals surface area (Å²) in [6.45, 7) is 6.03.